The Morgan fingerprint density at radius 2 is 1.17 bits per heavy atom. The summed E-state index contributed by atoms with van der Waals surface area (Å²) in [5, 5.41) is 0. The Balaban J connectivity index is 0.000000234. The SMILES string of the molecule is COC(=O)c1ccc(-c2ccccc2OC)cc1.COC(=O)c1ccc(I)cc1. The molecule has 0 saturated carbocycles. The third-order valence-electron chi connectivity index (χ3n) is 3.99. The van der Waals surface area contributed by atoms with Gasteiger partial charge in [-0.2, -0.15) is 0 Å². The Morgan fingerprint density at radius 1 is 0.690 bits per heavy atom. The fraction of sp³-hybridized carbons (Fsp3) is 0.130. The number of carbonyl (C=O) groups excluding carboxylic acids is 2. The monoisotopic (exact) mass is 504 g/mol. The van der Waals surface area contributed by atoms with Gasteiger partial charge in [-0.1, -0.05) is 30.3 Å². The lowest BCUT2D eigenvalue weighted by atomic mass is 10.0. The van der Waals surface area contributed by atoms with Crippen LogP contribution in [0.25, 0.3) is 11.1 Å². The normalized spacial score (nSPS) is 9.66. The molecule has 0 atom stereocenters. The molecule has 29 heavy (non-hydrogen) atoms. The number of halogens is 1. The van der Waals surface area contributed by atoms with Gasteiger partial charge < -0.3 is 14.2 Å². The van der Waals surface area contributed by atoms with E-state index in [1.807, 2.05) is 48.5 Å². The van der Waals surface area contributed by atoms with E-state index in [-0.39, 0.29) is 11.9 Å². The van der Waals surface area contributed by atoms with Gasteiger partial charge in [-0.25, -0.2) is 9.59 Å². The minimum absolute atomic E-state index is 0.290. The van der Waals surface area contributed by atoms with Crippen LogP contribution in [0.1, 0.15) is 20.7 Å². The van der Waals surface area contributed by atoms with Crippen molar-refractivity contribution >= 4 is 34.5 Å². The standard InChI is InChI=1S/C15H14O3.C8H7IO2/c1-17-14-6-4-3-5-13(14)11-7-9-12(10-8-11)15(16)18-2;1-11-8(10)6-2-4-7(9)5-3-6/h3-10H,1-2H3;2-5H,1H3. The first-order valence-electron chi connectivity index (χ1n) is 8.65. The maximum atomic E-state index is 11.3. The van der Waals surface area contributed by atoms with E-state index in [1.165, 1.54) is 14.2 Å². The number of para-hydroxylation sites is 1. The quantitative estimate of drug-likeness (QED) is 0.360. The Labute approximate surface area is 183 Å². The number of esters is 2. The van der Waals surface area contributed by atoms with Gasteiger partial charge in [0.15, 0.2) is 0 Å². The van der Waals surface area contributed by atoms with E-state index in [1.54, 1.807) is 31.4 Å². The average Bonchev–Trinajstić information content (AvgIpc) is 2.79. The van der Waals surface area contributed by atoms with Crippen molar-refractivity contribution in [3.63, 3.8) is 0 Å². The van der Waals surface area contributed by atoms with Crippen LogP contribution in [0.5, 0.6) is 5.75 Å². The van der Waals surface area contributed by atoms with E-state index in [0.717, 1.165) is 20.4 Å². The van der Waals surface area contributed by atoms with Crippen molar-refractivity contribution < 1.29 is 23.8 Å². The maximum absolute atomic E-state index is 11.3. The second kappa shape index (κ2) is 11.2. The summed E-state index contributed by atoms with van der Waals surface area (Å²) in [5.41, 5.74) is 3.13. The highest BCUT2D eigenvalue weighted by Crippen LogP contribution is 2.29. The Kier molecular flexibility index (Phi) is 8.67. The zero-order chi connectivity index (χ0) is 21.2. The Bertz CT molecular complexity index is 950. The summed E-state index contributed by atoms with van der Waals surface area (Å²) < 4.78 is 15.6. The van der Waals surface area contributed by atoms with E-state index in [0.29, 0.717) is 11.1 Å². The fourth-order valence-electron chi connectivity index (χ4n) is 2.49. The largest absolute Gasteiger partial charge is 0.496 e. The van der Waals surface area contributed by atoms with Crippen molar-refractivity contribution in [2.75, 3.05) is 21.3 Å². The topological polar surface area (TPSA) is 61.8 Å². The van der Waals surface area contributed by atoms with Crippen molar-refractivity contribution in [2.45, 2.75) is 0 Å². The number of ether oxygens (including phenoxy) is 3. The van der Waals surface area contributed by atoms with Crippen molar-refractivity contribution in [3.05, 3.63) is 87.5 Å². The van der Waals surface area contributed by atoms with Crippen molar-refractivity contribution in [1.29, 1.82) is 0 Å². The van der Waals surface area contributed by atoms with Crippen LogP contribution in [-0.4, -0.2) is 33.3 Å². The predicted molar refractivity (Wildman–Crippen MR) is 120 cm³/mol. The molecule has 0 amide bonds. The average molecular weight is 504 g/mol. The molecule has 3 rings (SSSR count). The van der Waals surface area contributed by atoms with Gasteiger partial charge in [0.05, 0.1) is 32.5 Å². The van der Waals surface area contributed by atoms with Gasteiger partial charge in [0, 0.05) is 9.13 Å². The molecule has 0 aliphatic carbocycles. The van der Waals surface area contributed by atoms with E-state index in [4.69, 9.17) is 4.74 Å². The molecule has 0 aromatic heterocycles. The van der Waals surface area contributed by atoms with Crippen LogP contribution in [-0.2, 0) is 9.47 Å². The van der Waals surface area contributed by atoms with Crippen LogP contribution in [0.3, 0.4) is 0 Å². The third-order valence-corrected chi connectivity index (χ3v) is 4.71. The molecule has 0 radical (unpaired) electrons. The summed E-state index contributed by atoms with van der Waals surface area (Å²) >= 11 is 2.18. The molecule has 5 nitrogen and oxygen atoms in total. The van der Waals surface area contributed by atoms with Crippen molar-refractivity contribution in [1.82, 2.24) is 0 Å². The fourth-order valence-corrected chi connectivity index (χ4v) is 2.85. The van der Waals surface area contributed by atoms with Gasteiger partial charge in [-0.05, 0) is 70.6 Å². The zero-order valence-corrected chi connectivity index (χ0v) is 18.5. The van der Waals surface area contributed by atoms with Gasteiger partial charge in [-0.3, -0.25) is 0 Å². The number of hydrogen-bond donors (Lipinski definition) is 0. The number of benzene rings is 3. The second-order valence-corrected chi connectivity index (χ2v) is 7.01. The summed E-state index contributed by atoms with van der Waals surface area (Å²) in [6, 6.07) is 22.2. The minimum Gasteiger partial charge on any atom is -0.496 e. The van der Waals surface area contributed by atoms with E-state index in [9.17, 15) is 9.59 Å². The highest BCUT2D eigenvalue weighted by atomic mass is 127. The number of rotatable bonds is 4. The molecule has 0 spiro atoms. The van der Waals surface area contributed by atoms with Crippen LogP contribution in [0, 0.1) is 3.57 Å². The molecule has 0 fully saturated rings. The first-order valence-corrected chi connectivity index (χ1v) is 9.73. The summed E-state index contributed by atoms with van der Waals surface area (Å²) in [6.07, 6.45) is 0. The van der Waals surface area contributed by atoms with Crippen LogP contribution in [0.2, 0.25) is 0 Å². The van der Waals surface area contributed by atoms with Crippen LogP contribution >= 0.6 is 22.6 Å². The summed E-state index contributed by atoms with van der Waals surface area (Å²) in [6.45, 7) is 0. The van der Waals surface area contributed by atoms with Gasteiger partial charge in [0.2, 0.25) is 0 Å². The van der Waals surface area contributed by atoms with Crippen LogP contribution in [0.15, 0.2) is 72.8 Å². The molecule has 0 aliphatic rings. The predicted octanol–water partition coefficient (Wildman–Crippen LogP) is 5.23. The minimum atomic E-state index is -0.332. The van der Waals surface area contributed by atoms with Crippen LogP contribution < -0.4 is 4.74 Å². The zero-order valence-electron chi connectivity index (χ0n) is 16.3. The van der Waals surface area contributed by atoms with Crippen molar-refractivity contribution in [2.24, 2.45) is 0 Å². The Morgan fingerprint density at radius 3 is 1.66 bits per heavy atom. The number of carbonyl (C=O) groups is 2. The molecule has 0 heterocycles. The molecule has 0 aliphatic heterocycles. The molecule has 0 N–H and O–H groups in total. The molecule has 6 heteroatoms. The molecular weight excluding hydrogens is 483 g/mol. The third kappa shape index (κ3) is 6.32. The molecule has 3 aromatic rings. The highest BCUT2D eigenvalue weighted by molar-refractivity contribution is 14.1. The maximum Gasteiger partial charge on any atom is 0.337 e. The molecule has 0 bridgehead atoms. The first-order chi connectivity index (χ1) is 14.0. The van der Waals surface area contributed by atoms with Gasteiger partial charge >= 0.3 is 11.9 Å². The lowest BCUT2D eigenvalue weighted by molar-refractivity contribution is 0.0592. The van der Waals surface area contributed by atoms with Crippen LogP contribution in [0.4, 0.5) is 0 Å². The smallest absolute Gasteiger partial charge is 0.337 e. The number of hydrogen-bond acceptors (Lipinski definition) is 5. The molecule has 3 aromatic carbocycles. The summed E-state index contributed by atoms with van der Waals surface area (Å²) in [7, 11) is 4.39. The summed E-state index contributed by atoms with van der Waals surface area (Å²) in [5.74, 6) is 0.186. The van der Waals surface area contributed by atoms with Gasteiger partial charge in [-0.15, -0.1) is 0 Å². The van der Waals surface area contributed by atoms with E-state index < -0.39 is 0 Å². The van der Waals surface area contributed by atoms with E-state index in [2.05, 4.69) is 32.1 Å². The number of methoxy groups -OCH3 is 3. The van der Waals surface area contributed by atoms with Gasteiger partial charge in [0.25, 0.3) is 0 Å². The molecule has 0 unspecified atom stereocenters. The second-order valence-electron chi connectivity index (χ2n) is 5.77. The molecule has 150 valence electrons. The molecular formula is C23H21IO5. The first kappa shape index (κ1) is 22.4. The van der Waals surface area contributed by atoms with E-state index >= 15 is 0 Å². The summed E-state index contributed by atoms with van der Waals surface area (Å²) in [4.78, 5) is 22.2. The lowest BCUT2D eigenvalue weighted by Crippen LogP contribution is -2.00. The van der Waals surface area contributed by atoms with Gasteiger partial charge in [0.1, 0.15) is 5.75 Å². The van der Waals surface area contributed by atoms with Crippen molar-refractivity contribution in [3.8, 4) is 16.9 Å². The molecule has 0 saturated heterocycles. The lowest BCUT2D eigenvalue weighted by Gasteiger charge is -2.08. The highest BCUT2D eigenvalue weighted by Gasteiger charge is 2.08. The Hall–Kier alpha value is -2.87.